The quantitative estimate of drug-likeness (QED) is 0.320. The van der Waals surface area contributed by atoms with Crippen LogP contribution in [0.2, 0.25) is 0 Å². The van der Waals surface area contributed by atoms with E-state index in [-0.39, 0.29) is 41.6 Å². The SMILES string of the molecule is CNCCN(C)C(=O)Oc1cc2cc(c1)[C@H](OC)[C@@H](C)C[C@H](OC)[C@H](OC)C(C)/C=C(\C)[C@H](OC(N)=O)[C@@H](C)/C=C\C=C(/C)C(=O)N2. The average molecular weight is 659 g/mol. The number of nitrogens with zero attached hydrogens (tertiary/aromatic N) is 1. The second-order valence-corrected chi connectivity index (χ2v) is 12.2. The number of ether oxygens (including phenoxy) is 5. The van der Waals surface area contributed by atoms with Crippen LogP contribution in [0.25, 0.3) is 0 Å². The molecule has 12 heteroatoms. The van der Waals surface area contributed by atoms with Crippen molar-refractivity contribution in [3.05, 3.63) is 59.2 Å². The van der Waals surface area contributed by atoms with Crippen molar-refractivity contribution >= 4 is 23.8 Å². The van der Waals surface area contributed by atoms with Crippen LogP contribution in [0.5, 0.6) is 5.75 Å². The maximum absolute atomic E-state index is 13.3. The lowest BCUT2D eigenvalue weighted by molar-refractivity contribution is -0.112. The first kappa shape index (κ1) is 39.5. The van der Waals surface area contributed by atoms with Crippen LogP contribution < -0.4 is 21.1 Å². The van der Waals surface area contributed by atoms with E-state index >= 15 is 0 Å². The van der Waals surface area contributed by atoms with E-state index in [9.17, 15) is 14.4 Å². The molecule has 1 aromatic rings. The summed E-state index contributed by atoms with van der Waals surface area (Å²) in [6, 6.07) is 5.18. The van der Waals surface area contributed by atoms with Crippen molar-refractivity contribution in [1.29, 1.82) is 0 Å². The lowest BCUT2D eigenvalue weighted by Crippen LogP contribution is -2.37. The van der Waals surface area contributed by atoms with Crippen LogP contribution >= 0.6 is 0 Å². The molecule has 0 aliphatic carbocycles. The van der Waals surface area contributed by atoms with Gasteiger partial charge >= 0.3 is 12.2 Å². The first-order valence-corrected chi connectivity index (χ1v) is 15.9. The minimum atomic E-state index is -0.881. The number of hydrogen-bond acceptors (Lipinski definition) is 9. The third kappa shape index (κ3) is 11.8. The van der Waals surface area contributed by atoms with E-state index in [4.69, 9.17) is 29.4 Å². The maximum atomic E-state index is 13.3. The highest BCUT2D eigenvalue weighted by atomic mass is 16.6. The van der Waals surface area contributed by atoms with Crippen molar-refractivity contribution in [3.63, 3.8) is 0 Å². The molecule has 0 saturated carbocycles. The molecule has 0 radical (unpaired) electrons. The summed E-state index contributed by atoms with van der Waals surface area (Å²) >= 11 is 0. The molecule has 7 atom stereocenters. The zero-order valence-electron chi connectivity index (χ0n) is 29.5. The smallest absolute Gasteiger partial charge is 0.415 e. The Kier molecular flexibility index (Phi) is 16.1. The highest BCUT2D eigenvalue weighted by Gasteiger charge is 2.32. The number of methoxy groups -OCH3 is 3. The van der Waals surface area contributed by atoms with Gasteiger partial charge in [0.1, 0.15) is 11.9 Å². The largest absolute Gasteiger partial charge is 0.441 e. The van der Waals surface area contributed by atoms with Crippen molar-refractivity contribution < 1.29 is 38.1 Å². The number of allylic oxidation sites excluding steroid dienone is 2. The Morgan fingerprint density at radius 3 is 2.32 bits per heavy atom. The predicted molar refractivity (Wildman–Crippen MR) is 182 cm³/mol. The number of amides is 3. The van der Waals surface area contributed by atoms with Gasteiger partial charge in [0.2, 0.25) is 0 Å². The van der Waals surface area contributed by atoms with Crippen molar-refractivity contribution in [2.24, 2.45) is 23.5 Å². The fourth-order valence-corrected chi connectivity index (χ4v) is 5.85. The molecule has 4 N–H and O–H groups in total. The van der Waals surface area contributed by atoms with Crippen molar-refractivity contribution in [1.82, 2.24) is 10.2 Å². The Bertz CT molecular complexity index is 1300. The number of anilines is 1. The second-order valence-electron chi connectivity index (χ2n) is 12.2. The van der Waals surface area contributed by atoms with Crippen LogP contribution in [0, 0.1) is 17.8 Å². The summed E-state index contributed by atoms with van der Waals surface area (Å²) in [5, 5.41) is 5.94. The number of nitrogens with one attached hydrogen (secondary N) is 2. The number of likely N-dealkylation sites (N-methyl/N-ethyl adjacent to an activating group) is 2. The van der Waals surface area contributed by atoms with Crippen LogP contribution in [0.1, 0.15) is 52.7 Å². The van der Waals surface area contributed by atoms with Gasteiger partial charge in [-0.3, -0.25) is 4.79 Å². The summed E-state index contributed by atoms with van der Waals surface area (Å²) in [4.78, 5) is 39.5. The number of carbonyl (C=O) groups excluding carboxylic acids is 3. The van der Waals surface area contributed by atoms with Gasteiger partial charge in [-0.05, 0) is 56.5 Å². The van der Waals surface area contributed by atoms with Crippen LogP contribution in [0.15, 0.2) is 53.6 Å². The number of rotatable bonds is 8. The lowest BCUT2D eigenvalue weighted by Gasteiger charge is -2.33. The molecule has 12 nitrogen and oxygen atoms in total. The lowest BCUT2D eigenvalue weighted by atomic mass is 9.86. The Labute approximate surface area is 279 Å². The first-order valence-electron chi connectivity index (χ1n) is 15.9. The van der Waals surface area contributed by atoms with Gasteiger partial charge in [0, 0.05) is 70.6 Å². The molecule has 3 amide bonds. The van der Waals surface area contributed by atoms with E-state index in [1.54, 1.807) is 66.6 Å². The van der Waals surface area contributed by atoms with Crippen LogP contribution in [-0.2, 0) is 23.7 Å². The monoisotopic (exact) mass is 658 g/mol. The highest BCUT2D eigenvalue weighted by molar-refractivity contribution is 6.03. The van der Waals surface area contributed by atoms with Gasteiger partial charge in [-0.15, -0.1) is 0 Å². The number of carbonyl (C=O) groups is 3. The summed E-state index contributed by atoms with van der Waals surface area (Å²) in [6.45, 7) is 10.6. The summed E-state index contributed by atoms with van der Waals surface area (Å²) in [7, 11) is 8.36. The van der Waals surface area contributed by atoms with Gasteiger partial charge in [-0.25, -0.2) is 9.59 Å². The summed E-state index contributed by atoms with van der Waals surface area (Å²) in [5.74, 6) is -0.579. The van der Waals surface area contributed by atoms with E-state index in [0.29, 0.717) is 36.3 Å². The minimum absolute atomic E-state index is 0.105. The molecule has 1 aliphatic rings. The normalized spacial score (nSPS) is 29.0. The van der Waals surface area contributed by atoms with E-state index < -0.39 is 24.4 Å². The average Bonchev–Trinajstić information content (AvgIpc) is 3.01. The Morgan fingerprint density at radius 2 is 1.72 bits per heavy atom. The Balaban J connectivity index is 2.66. The third-order valence-electron chi connectivity index (χ3n) is 8.38. The van der Waals surface area contributed by atoms with Gasteiger partial charge in [0.25, 0.3) is 5.91 Å². The zero-order chi connectivity index (χ0) is 35.3. The third-order valence-corrected chi connectivity index (χ3v) is 8.38. The number of benzene rings is 1. The molecule has 1 aliphatic heterocycles. The molecule has 1 unspecified atom stereocenters. The minimum Gasteiger partial charge on any atom is -0.441 e. The number of fused-ring (bicyclic) bond motifs is 2. The molecule has 2 bridgehead atoms. The topological polar surface area (TPSA) is 151 Å². The summed E-state index contributed by atoms with van der Waals surface area (Å²) in [5.41, 5.74) is 7.82. The number of hydrogen-bond donors (Lipinski definition) is 3. The van der Waals surface area contributed by atoms with Crippen molar-refractivity contribution in [2.45, 2.75) is 65.5 Å². The van der Waals surface area contributed by atoms with E-state index in [1.807, 2.05) is 45.9 Å². The van der Waals surface area contributed by atoms with Gasteiger partial charge in [0.15, 0.2) is 0 Å². The Hall–Kier alpha value is -3.71. The second kappa shape index (κ2) is 19.2. The van der Waals surface area contributed by atoms with Gasteiger partial charge < -0.3 is 45.0 Å². The Morgan fingerprint density at radius 1 is 1.02 bits per heavy atom. The molecule has 2 rings (SSSR count). The summed E-state index contributed by atoms with van der Waals surface area (Å²) in [6.07, 6.45) is 4.64. The molecule has 0 aromatic heterocycles. The van der Waals surface area contributed by atoms with E-state index in [0.717, 1.165) is 5.57 Å². The predicted octanol–water partition coefficient (Wildman–Crippen LogP) is 5.22. The van der Waals surface area contributed by atoms with E-state index in [2.05, 4.69) is 10.6 Å². The molecule has 0 fully saturated rings. The van der Waals surface area contributed by atoms with Crippen LogP contribution in [0.4, 0.5) is 15.3 Å². The highest BCUT2D eigenvalue weighted by Crippen LogP contribution is 2.35. The molecule has 0 saturated heterocycles. The zero-order valence-corrected chi connectivity index (χ0v) is 29.5. The summed E-state index contributed by atoms with van der Waals surface area (Å²) < 4.78 is 29.2. The van der Waals surface area contributed by atoms with Crippen molar-refractivity contribution in [2.75, 3.05) is 53.8 Å². The first-order chi connectivity index (χ1) is 22.3. The molecule has 262 valence electrons. The van der Waals surface area contributed by atoms with Crippen LogP contribution in [0.3, 0.4) is 0 Å². The fourth-order valence-electron chi connectivity index (χ4n) is 5.85. The molecule has 1 heterocycles. The molecule has 47 heavy (non-hydrogen) atoms. The van der Waals surface area contributed by atoms with E-state index in [1.165, 1.54) is 4.90 Å². The van der Waals surface area contributed by atoms with Crippen LogP contribution in [-0.4, -0.2) is 89.8 Å². The standard InChI is InChI=1S/C35H54N4O8/c1-21-12-11-13-22(2)33(40)38-27-18-26(19-28(20-27)46-35(42)39(7)15-14-37-6)31(44-9)25(5)17-29(43-8)32(45-10)24(4)16-23(3)30(21)47-34(36)41/h11-13,16,18-21,24-25,29-32,37H,14-15,17H2,1-10H3,(H2,36,41)(H,38,40)/b12-11-,22-13+,23-16+/t21-,24?,25-,29-,30+,31+,32+/m0/s1. The van der Waals surface area contributed by atoms with Crippen molar-refractivity contribution in [3.8, 4) is 5.75 Å². The maximum Gasteiger partial charge on any atom is 0.415 e. The number of nitrogens with two attached hydrogens (primary N) is 1. The molecule has 0 spiro atoms. The molecular formula is C35H54N4O8. The number of primary amides is 1. The molecular weight excluding hydrogens is 604 g/mol. The van der Waals surface area contributed by atoms with Gasteiger partial charge in [0.05, 0.1) is 18.3 Å². The van der Waals surface area contributed by atoms with Gasteiger partial charge in [-0.2, -0.15) is 0 Å². The fraction of sp³-hybridized carbons (Fsp3) is 0.571. The van der Waals surface area contributed by atoms with Gasteiger partial charge in [-0.1, -0.05) is 45.1 Å². The molecule has 1 aromatic carbocycles.